The molecule has 0 atom stereocenters. The van der Waals surface area contributed by atoms with Crippen molar-refractivity contribution in [3.05, 3.63) is 91.2 Å². The van der Waals surface area contributed by atoms with Gasteiger partial charge in [-0.15, -0.1) is 0 Å². The van der Waals surface area contributed by atoms with E-state index in [9.17, 15) is 24.4 Å². The smallest absolute Gasteiger partial charge is 0.375 e. The Morgan fingerprint density at radius 3 is 2.37 bits per heavy atom. The Morgan fingerprint density at radius 2 is 1.77 bits per heavy atom. The lowest BCUT2D eigenvalue weighted by molar-refractivity contribution is -0.387. The summed E-state index contributed by atoms with van der Waals surface area (Å²) < 4.78 is 42.0. The molecule has 180 valence electrons. The van der Waals surface area contributed by atoms with E-state index in [-0.39, 0.29) is 28.3 Å². The van der Waals surface area contributed by atoms with Gasteiger partial charge in [0.2, 0.25) is 5.75 Å². The van der Waals surface area contributed by atoms with Crippen molar-refractivity contribution in [2.24, 2.45) is 0 Å². The van der Waals surface area contributed by atoms with Crippen molar-refractivity contribution in [2.75, 3.05) is 14.2 Å². The molecule has 1 aromatic heterocycles. The van der Waals surface area contributed by atoms with Gasteiger partial charge in [-0.05, 0) is 35.9 Å². The van der Waals surface area contributed by atoms with E-state index in [1.165, 1.54) is 26.4 Å². The van der Waals surface area contributed by atoms with Gasteiger partial charge in [0.1, 0.15) is 17.3 Å². The maximum absolute atomic E-state index is 16.1. The third kappa shape index (κ3) is 4.01. The van der Waals surface area contributed by atoms with Gasteiger partial charge in [0.15, 0.2) is 5.82 Å². The summed E-state index contributed by atoms with van der Waals surface area (Å²) in [4.78, 5) is 23.6. The van der Waals surface area contributed by atoms with E-state index in [2.05, 4.69) is 0 Å². The van der Waals surface area contributed by atoms with E-state index in [0.29, 0.717) is 11.3 Å². The van der Waals surface area contributed by atoms with Gasteiger partial charge in [0.25, 0.3) is 0 Å². The van der Waals surface area contributed by atoms with Crippen molar-refractivity contribution in [1.29, 1.82) is 0 Å². The van der Waals surface area contributed by atoms with Crippen LogP contribution in [-0.2, 0) is 6.54 Å². The van der Waals surface area contributed by atoms with E-state index in [1.54, 1.807) is 24.3 Å². The zero-order valence-electron chi connectivity index (χ0n) is 18.3. The third-order valence-corrected chi connectivity index (χ3v) is 5.82. The van der Waals surface area contributed by atoms with Gasteiger partial charge in [0, 0.05) is 5.56 Å². The lowest BCUT2D eigenvalue weighted by Crippen LogP contribution is -2.24. The molecule has 0 aliphatic heterocycles. The fourth-order valence-corrected chi connectivity index (χ4v) is 4.17. The molecule has 0 saturated carbocycles. The molecule has 11 heteroatoms. The standard InChI is InChI=1S/C24H17ClF2N2O6/c1-34-13-8-6-12(7-9-13)11-28-21-14(23(30)22(24(28)31)29(32)33)10-15(25)18(20(21)27)19-16(26)4-3-5-17(19)35-2/h3-10,30H,11H2,1-2H3. The average Bonchev–Trinajstić information content (AvgIpc) is 2.83. The molecule has 0 radical (unpaired) electrons. The molecule has 0 fully saturated rings. The molecule has 1 N–H and O–H groups in total. The van der Waals surface area contributed by atoms with E-state index in [1.807, 2.05) is 0 Å². The molecule has 0 saturated heterocycles. The first-order valence-corrected chi connectivity index (χ1v) is 10.4. The molecule has 0 aliphatic carbocycles. The summed E-state index contributed by atoms with van der Waals surface area (Å²) in [6.45, 7) is -0.299. The van der Waals surface area contributed by atoms with Gasteiger partial charge >= 0.3 is 11.2 Å². The predicted molar refractivity (Wildman–Crippen MR) is 126 cm³/mol. The van der Waals surface area contributed by atoms with Crippen LogP contribution in [0.25, 0.3) is 22.0 Å². The SMILES string of the molecule is COc1ccc(Cn2c(=O)c([N+](=O)[O-])c(O)c3cc(Cl)c(-c4c(F)cccc4OC)c(F)c32)cc1. The van der Waals surface area contributed by atoms with Crippen molar-refractivity contribution in [3.8, 4) is 28.4 Å². The quantitative estimate of drug-likeness (QED) is 0.284. The fourth-order valence-electron chi connectivity index (χ4n) is 3.89. The van der Waals surface area contributed by atoms with Crippen LogP contribution in [0.3, 0.4) is 0 Å². The van der Waals surface area contributed by atoms with Crippen molar-refractivity contribution in [2.45, 2.75) is 6.54 Å². The molecule has 3 aromatic carbocycles. The first kappa shape index (κ1) is 24.0. The summed E-state index contributed by atoms with van der Waals surface area (Å²) in [5.41, 5.74) is -3.13. The topological polar surface area (TPSA) is 104 Å². The number of hydrogen-bond donors (Lipinski definition) is 1. The second kappa shape index (κ2) is 9.22. The number of benzene rings is 3. The first-order chi connectivity index (χ1) is 16.7. The predicted octanol–water partition coefficient (Wildman–Crippen LogP) is 5.28. The largest absolute Gasteiger partial charge is 0.501 e. The Labute approximate surface area is 201 Å². The number of aromatic nitrogens is 1. The van der Waals surface area contributed by atoms with E-state index in [0.717, 1.165) is 16.7 Å². The number of halogens is 3. The summed E-state index contributed by atoms with van der Waals surface area (Å²) >= 11 is 6.29. The Morgan fingerprint density at radius 1 is 1.09 bits per heavy atom. The Hall–Kier alpha value is -4.18. The molecule has 8 nitrogen and oxygen atoms in total. The normalized spacial score (nSPS) is 11.0. The summed E-state index contributed by atoms with van der Waals surface area (Å²) in [6.07, 6.45) is 0. The van der Waals surface area contributed by atoms with Gasteiger partial charge < -0.3 is 14.6 Å². The molecule has 0 spiro atoms. The van der Waals surface area contributed by atoms with Crippen LogP contribution < -0.4 is 15.0 Å². The zero-order chi connectivity index (χ0) is 25.4. The van der Waals surface area contributed by atoms with Crippen LogP contribution in [0.5, 0.6) is 17.2 Å². The van der Waals surface area contributed by atoms with Gasteiger partial charge in [0.05, 0.1) is 47.2 Å². The highest BCUT2D eigenvalue weighted by molar-refractivity contribution is 6.34. The molecule has 35 heavy (non-hydrogen) atoms. The van der Waals surface area contributed by atoms with Gasteiger partial charge in [-0.3, -0.25) is 19.5 Å². The minimum absolute atomic E-state index is 0.0275. The van der Waals surface area contributed by atoms with Crippen LogP contribution in [0, 0.1) is 21.7 Å². The second-order valence-electron chi connectivity index (χ2n) is 7.45. The molecule has 0 aliphatic rings. The molecule has 0 bridgehead atoms. The van der Waals surface area contributed by atoms with E-state index >= 15 is 4.39 Å². The van der Waals surface area contributed by atoms with Crippen molar-refractivity contribution in [3.63, 3.8) is 0 Å². The molecular formula is C24H17ClF2N2O6. The number of pyridine rings is 1. The molecule has 1 heterocycles. The highest BCUT2D eigenvalue weighted by Gasteiger charge is 2.30. The highest BCUT2D eigenvalue weighted by atomic mass is 35.5. The van der Waals surface area contributed by atoms with Crippen LogP contribution in [-0.4, -0.2) is 28.8 Å². The van der Waals surface area contributed by atoms with Crippen LogP contribution in [0.15, 0.2) is 53.3 Å². The molecular weight excluding hydrogens is 486 g/mol. The highest BCUT2D eigenvalue weighted by Crippen LogP contribution is 2.44. The third-order valence-electron chi connectivity index (χ3n) is 5.52. The van der Waals surface area contributed by atoms with Crippen molar-refractivity contribution >= 4 is 28.2 Å². The first-order valence-electron chi connectivity index (χ1n) is 10.1. The maximum Gasteiger partial charge on any atom is 0.375 e. The zero-order valence-corrected chi connectivity index (χ0v) is 19.1. The Bertz CT molecular complexity index is 1540. The fraction of sp³-hybridized carbons (Fsp3) is 0.125. The number of nitrogens with zero attached hydrogens (tertiary/aromatic N) is 2. The summed E-state index contributed by atoms with van der Waals surface area (Å²) in [6, 6.07) is 11.3. The number of hydrogen-bond acceptors (Lipinski definition) is 6. The average molecular weight is 503 g/mol. The monoisotopic (exact) mass is 502 g/mol. The molecule has 4 aromatic rings. The number of aromatic hydroxyl groups is 1. The van der Waals surface area contributed by atoms with E-state index in [4.69, 9.17) is 21.1 Å². The number of nitro groups is 1. The number of ether oxygens (including phenoxy) is 2. The molecule has 0 amide bonds. The summed E-state index contributed by atoms with van der Waals surface area (Å²) in [7, 11) is 2.73. The van der Waals surface area contributed by atoms with Crippen LogP contribution in [0.1, 0.15) is 5.56 Å². The van der Waals surface area contributed by atoms with Crippen LogP contribution >= 0.6 is 11.6 Å². The minimum atomic E-state index is -1.25. The maximum atomic E-state index is 16.1. The van der Waals surface area contributed by atoms with Crippen LogP contribution in [0.4, 0.5) is 14.5 Å². The molecule has 4 rings (SSSR count). The van der Waals surface area contributed by atoms with Gasteiger partial charge in [-0.2, -0.15) is 0 Å². The Balaban J connectivity index is 2.12. The van der Waals surface area contributed by atoms with Crippen molar-refractivity contribution < 1.29 is 28.3 Å². The molecule has 0 unspecified atom stereocenters. The van der Waals surface area contributed by atoms with Gasteiger partial charge in [-0.1, -0.05) is 29.8 Å². The van der Waals surface area contributed by atoms with Crippen LogP contribution in [0.2, 0.25) is 5.02 Å². The van der Waals surface area contributed by atoms with E-state index < -0.39 is 44.6 Å². The summed E-state index contributed by atoms with van der Waals surface area (Å²) in [5.74, 6) is -2.56. The summed E-state index contributed by atoms with van der Waals surface area (Å²) in [5, 5.41) is 21.4. The number of methoxy groups -OCH3 is 2. The lowest BCUT2D eigenvalue weighted by atomic mass is 9.99. The van der Waals surface area contributed by atoms with Gasteiger partial charge in [-0.25, -0.2) is 8.78 Å². The number of rotatable bonds is 6. The second-order valence-corrected chi connectivity index (χ2v) is 7.86. The van der Waals surface area contributed by atoms with Crippen molar-refractivity contribution in [1.82, 2.24) is 4.57 Å². The number of fused-ring (bicyclic) bond motifs is 1. The Kier molecular flexibility index (Phi) is 6.31. The lowest BCUT2D eigenvalue weighted by Gasteiger charge is -2.17. The minimum Gasteiger partial charge on any atom is -0.501 e.